The lowest BCUT2D eigenvalue weighted by Gasteiger charge is -2.35. The van der Waals surface area contributed by atoms with Crippen LogP contribution < -0.4 is 9.47 Å². The van der Waals surface area contributed by atoms with Crippen molar-refractivity contribution < 1.29 is 14.3 Å². The van der Waals surface area contributed by atoms with Crippen molar-refractivity contribution in [1.29, 1.82) is 0 Å². The number of halogens is 1. The van der Waals surface area contributed by atoms with E-state index in [1.54, 1.807) is 20.3 Å². The molecule has 7 heteroatoms. The second-order valence-electron chi connectivity index (χ2n) is 7.29. The van der Waals surface area contributed by atoms with Crippen LogP contribution in [0.4, 0.5) is 0 Å². The van der Waals surface area contributed by atoms with Gasteiger partial charge >= 0.3 is 0 Å². The molecule has 2 aromatic carbocycles. The molecule has 0 aliphatic carbocycles. The normalized spacial score (nSPS) is 14.7. The lowest BCUT2D eigenvalue weighted by Crippen LogP contribution is -2.48. The molecule has 1 amide bonds. The summed E-state index contributed by atoms with van der Waals surface area (Å²) >= 11 is 5.94. The van der Waals surface area contributed by atoms with E-state index < -0.39 is 0 Å². The first kappa shape index (κ1) is 20.4. The van der Waals surface area contributed by atoms with Crippen LogP contribution in [0.25, 0.3) is 10.9 Å². The van der Waals surface area contributed by atoms with Gasteiger partial charge in [0.05, 0.1) is 19.7 Å². The fourth-order valence-corrected chi connectivity index (χ4v) is 3.93. The topological polar surface area (TPSA) is 54.9 Å². The van der Waals surface area contributed by atoms with Crippen LogP contribution in [0.3, 0.4) is 0 Å². The number of nitrogens with zero attached hydrogens (tertiary/aromatic N) is 3. The van der Waals surface area contributed by atoms with Crippen molar-refractivity contribution >= 4 is 28.4 Å². The van der Waals surface area contributed by atoms with E-state index in [2.05, 4.69) is 9.88 Å². The summed E-state index contributed by atoms with van der Waals surface area (Å²) in [6.45, 7) is 3.72. The Kier molecular flexibility index (Phi) is 6.06. The molecule has 156 valence electrons. The van der Waals surface area contributed by atoms with E-state index in [0.29, 0.717) is 23.8 Å². The summed E-state index contributed by atoms with van der Waals surface area (Å²) in [6, 6.07) is 15.0. The van der Waals surface area contributed by atoms with Gasteiger partial charge in [0.1, 0.15) is 16.7 Å². The molecule has 3 aromatic rings. The minimum atomic E-state index is 0.0467. The van der Waals surface area contributed by atoms with Crippen LogP contribution in [-0.4, -0.2) is 61.1 Å². The number of piperazine rings is 1. The maximum atomic E-state index is 13.0. The van der Waals surface area contributed by atoms with Gasteiger partial charge in [-0.3, -0.25) is 9.69 Å². The van der Waals surface area contributed by atoms with Crippen LogP contribution in [0.15, 0.2) is 48.5 Å². The van der Waals surface area contributed by atoms with Gasteiger partial charge in [0, 0.05) is 49.2 Å². The number of fused-ring (bicyclic) bond motifs is 1. The largest absolute Gasteiger partial charge is 0.497 e. The van der Waals surface area contributed by atoms with Gasteiger partial charge in [0.25, 0.3) is 5.91 Å². The number of carbonyl (C=O) groups is 1. The van der Waals surface area contributed by atoms with E-state index in [-0.39, 0.29) is 5.91 Å². The lowest BCUT2D eigenvalue weighted by molar-refractivity contribution is 0.0627. The number of hydrogen-bond acceptors (Lipinski definition) is 5. The third kappa shape index (κ3) is 4.35. The Labute approximate surface area is 181 Å². The highest BCUT2D eigenvalue weighted by atomic mass is 35.5. The molecule has 1 aliphatic heterocycles. The molecule has 0 atom stereocenters. The highest BCUT2D eigenvalue weighted by Gasteiger charge is 2.23. The predicted molar refractivity (Wildman–Crippen MR) is 117 cm³/mol. The van der Waals surface area contributed by atoms with Crippen molar-refractivity contribution in [3.63, 3.8) is 0 Å². The molecule has 1 fully saturated rings. The Hall–Kier alpha value is -2.83. The molecule has 0 unspecified atom stereocenters. The van der Waals surface area contributed by atoms with E-state index in [0.717, 1.165) is 47.6 Å². The standard InChI is InChI=1S/C23H24ClN3O3/c1-29-19-5-7-21(30-2)18(14-19)15-26-9-11-27(12-10-26)23(28)17-3-6-20-16(13-17)4-8-22(24)25-20/h3-8,13-14H,9-12,15H2,1-2H3. The van der Waals surface area contributed by atoms with Gasteiger partial charge in [-0.2, -0.15) is 0 Å². The second kappa shape index (κ2) is 8.90. The van der Waals surface area contributed by atoms with Crippen LogP contribution in [0.1, 0.15) is 15.9 Å². The first-order valence-corrected chi connectivity index (χ1v) is 10.2. The van der Waals surface area contributed by atoms with Gasteiger partial charge < -0.3 is 14.4 Å². The monoisotopic (exact) mass is 425 g/mol. The number of hydrogen-bond donors (Lipinski definition) is 0. The molecular weight excluding hydrogens is 402 g/mol. The number of aromatic nitrogens is 1. The van der Waals surface area contributed by atoms with Gasteiger partial charge in [0.15, 0.2) is 0 Å². The molecule has 2 heterocycles. The molecule has 30 heavy (non-hydrogen) atoms. The van der Waals surface area contributed by atoms with Gasteiger partial charge in [0.2, 0.25) is 0 Å². The molecule has 6 nitrogen and oxygen atoms in total. The number of pyridine rings is 1. The summed E-state index contributed by atoms with van der Waals surface area (Å²) in [5.74, 6) is 1.70. The van der Waals surface area contributed by atoms with Crippen LogP contribution in [0.2, 0.25) is 5.15 Å². The van der Waals surface area contributed by atoms with Crippen LogP contribution in [0, 0.1) is 0 Å². The van der Waals surface area contributed by atoms with Gasteiger partial charge in [-0.25, -0.2) is 4.98 Å². The van der Waals surface area contributed by atoms with Crippen molar-refractivity contribution in [2.75, 3.05) is 40.4 Å². The minimum Gasteiger partial charge on any atom is -0.497 e. The number of benzene rings is 2. The van der Waals surface area contributed by atoms with Crippen molar-refractivity contribution in [2.45, 2.75) is 6.54 Å². The molecule has 0 bridgehead atoms. The average molecular weight is 426 g/mol. The maximum Gasteiger partial charge on any atom is 0.253 e. The molecule has 0 radical (unpaired) electrons. The van der Waals surface area contributed by atoms with E-state index in [9.17, 15) is 4.79 Å². The number of rotatable bonds is 5. The molecule has 0 saturated carbocycles. The zero-order valence-electron chi connectivity index (χ0n) is 17.1. The SMILES string of the molecule is COc1ccc(OC)c(CN2CCN(C(=O)c3ccc4nc(Cl)ccc4c3)CC2)c1. The van der Waals surface area contributed by atoms with Crippen molar-refractivity contribution in [3.05, 3.63) is 64.8 Å². The molecular formula is C23H24ClN3O3. The Morgan fingerprint density at radius 1 is 1.00 bits per heavy atom. The number of amides is 1. The highest BCUT2D eigenvalue weighted by molar-refractivity contribution is 6.29. The molecule has 4 rings (SSSR count). The van der Waals surface area contributed by atoms with Crippen LogP contribution in [0.5, 0.6) is 11.5 Å². The molecule has 0 N–H and O–H groups in total. The van der Waals surface area contributed by atoms with E-state index in [1.165, 1.54) is 0 Å². The summed E-state index contributed by atoms with van der Waals surface area (Å²) in [6.07, 6.45) is 0. The fraction of sp³-hybridized carbons (Fsp3) is 0.304. The van der Waals surface area contributed by atoms with Gasteiger partial charge in [-0.1, -0.05) is 11.6 Å². The zero-order chi connectivity index (χ0) is 21.1. The Balaban J connectivity index is 1.41. The third-order valence-corrected chi connectivity index (χ3v) is 5.65. The number of methoxy groups -OCH3 is 2. The highest BCUT2D eigenvalue weighted by Crippen LogP contribution is 2.26. The summed E-state index contributed by atoms with van der Waals surface area (Å²) in [4.78, 5) is 21.5. The average Bonchev–Trinajstić information content (AvgIpc) is 2.78. The lowest BCUT2D eigenvalue weighted by atomic mass is 10.1. The summed E-state index contributed by atoms with van der Waals surface area (Å²) in [7, 11) is 3.34. The van der Waals surface area contributed by atoms with Gasteiger partial charge in [-0.05, 0) is 48.5 Å². The van der Waals surface area contributed by atoms with Gasteiger partial charge in [-0.15, -0.1) is 0 Å². The Morgan fingerprint density at radius 3 is 2.53 bits per heavy atom. The minimum absolute atomic E-state index is 0.0467. The zero-order valence-corrected chi connectivity index (χ0v) is 17.9. The number of carbonyl (C=O) groups excluding carboxylic acids is 1. The van der Waals surface area contributed by atoms with E-state index in [1.807, 2.05) is 47.4 Å². The first-order chi connectivity index (χ1) is 14.6. The molecule has 1 aliphatic rings. The Bertz CT molecular complexity index is 1060. The van der Waals surface area contributed by atoms with Crippen molar-refractivity contribution in [3.8, 4) is 11.5 Å². The second-order valence-corrected chi connectivity index (χ2v) is 7.67. The molecule has 1 aromatic heterocycles. The quantitative estimate of drug-likeness (QED) is 0.581. The van der Waals surface area contributed by atoms with E-state index >= 15 is 0 Å². The first-order valence-electron chi connectivity index (χ1n) is 9.86. The van der Waals surface area contributed by atoms with Crippen LogP contribution >= 0.6 is 11.6 Å². The molecule has 0 spiro atoms. The Morgan fingerprint density at radius 2 is 1.80 bits per heavy atom. The fourth-order valence-electron chi connectivity index (χ4n) is 3.77. The number of ether oxygens (including phenoxy) is 2. The molecule has 1 saturated heterocycles. The summed E-state index contributed by atoms with van der Waals surface area (Å²) < 4.78 is 10.8. The van der Waals surface area contributed by atoms with Crippen LogP contribution in [-0.2, 0) is 6.54 Å². The predicted octanol–water partition coefficient (Wildman–Crippen LogP) is 3.86. The smallest absolute Gasteiger partial charge is 0.253 e. The summed E-state index contributed by atoms with van der Waals surface area (Å²) in [5.41, 5.74) is 2.54. The maximum absolute atomic E-state index is 13.0. The van der Waals surface area contributed by atoms with E-state index in [4.69, 9.17) is 21.1 Å². The third-order valence-electron chi connectivity index (χ3n) is 5.44. The summed E-state index contributed by atoms with van der Waals surface area (Å²) in [5, 5.41) is 1.36. The van der Waals surface area contributed by atoms with Crippen molar-refractivity contribution in [2.24, 2.45) is 0 Å². The van der Waals surface area contributed by atoms with Crippen molar-refractivity contribution in [1.82, 2.24) is 14.8 Å².